The number of benzene rings is 2. The van der Waals surface area contributed by atoms with Crippen LogP contribution in [0.3, 0.4) is 0 Å². The Morgan fingerprint density at radius 2 is 2.00 bits per heavy atom. The van der Waals surface area contributed by atoms with Crippen molar-refractivity contribution in [1.82, 2.24) is 19.1 Å². The molecule has 0 fully saturated rings. The molecule has 3 heterocycles. The standard InChI is InChI=1S/C22H19BrIN5O/c1-2-17-12-29-20(25-17)18-21(27-19(26-18)14-6-8-15(23)9-7-14)28(22(29)30)11-13-4-3-5-16(24)10-13/h3-10,17,25H,2,11-12H2,1H3. The van der Waals surface area contributed by atoms with E-state index in [0.717, 1.165) is 37.1 Å². The molecule has 1 N–H and O–H groups in total. The molecule has 6 nitrogen and oxygen atoms in total. The van der Waals surface area contributed by atoms with Gasteiger partial charge in [0, 0.05) is 26.2 Å². The fourth-order valence-electron chi connectivity index (χ4n) is 3.84. The van der Waals surface area contributed by atoms with Gasteiger partial charge in [-0.1, -0.05) is 47.1 Å². The lowest BCUT2D eigenvalue weighted by Gasteiger charge is -2.14. The lowest BCUT2D eigenvalue weighted by molar-refractivity contribution is 0.579. The molecule has 0 aromatic heterocycles. The van der Waals surface area contributed by atoms with E-state index in [4.69, 9.17) is 9.97 Å². The Labute approximate surface area is 196 Å². The van der Waals surface area contributed by atoms with Gasteiger partial charge in [-0.15, -0.1) is 0 Å². The van der Waals surface area contributed by atoms with Gasteiger partial charge in [-0.3, -0.25) is 9.13 Å². The van der Waals surface area contributed by atoms with Gasteiger partial charge >= 0.3 is 5.69 Å². The van der Waals surface area contributed by atoms with Crippen molar-refractivity contribution in [3.8, 4) is 22.9 Å². The van der Waals surface area contributed by atoms with Gasteiger partial charge in [-0.05, 0) is 58.8 Å². The Balaban J connectivity index is 1.70. The second-order valence-corrected chi connectivity index (χ2v) is 9.59. The Morgan fingerprint density at radius 1 is 1.20 bits per heavy atom. The lowest BCUT2D eigenvalue weighted by Crippen LogP contribution is -2.32. The average Bonchev–Trinajstić information content (AvgIpc) is 3.36. The summed E-state index contributed by atoms with van der Waals surface area (Å²) >= 11 is 5.76. The van der Waals surface area contributed by atoms with Gasteiger partial charge in [-0.2, -0.15) is 0 Å². The van der Waals surface area contributed by atoms with Crippen LogP contribution in [0.5, 0.6) is 0 Å². The fraction of sp³-hybridized carbons (Fsp3) is 0.227. The summed E-state index contributed by atoms with van der Waals surface area (Å²) < 4.78 is 5.70. The van der Waals surface area contributed by atoms with E-state index < -0.39 is 0 Å². The first kappa shape index (κ1) is 19.7. The highest BCUT2D eigenvalue weighted by Crippen LogP contribution is 2.34. The van der Waals surface area contributed by atoms with E-state index in [9.17, 15) is 4.79 Å². The molecule has 8 heteroatoms. The zero-order valence-corrected chi connectivity index (χ0v) is 20.0. The number of nitrogens with zero attached hydrogens (tertiary/aromatic N) is 4. The number of halogens is 2. The van der Waals surface area contributed by atoms with Crippen LogP contribution < -0.4 is 11.0 Å². The third-order valence-corrected chi connectivity index (χ3v) is 6.62. The third kappa shape index (κ3) is 3.45. The molecule has 30 heavy (non-hydrogen) atoms. The van der Waals surface area contributed by atoms with Crippen molar-refractivity contribution in [1.29, 1.82) is 0 Å². The van der Waals surface area contributed by atoms with E-state index >= 15 is 0 Å². The van der Waals surface area contributed by atoms with Crippen molar-refractivity contribution >= 4 is 44.3 Å². The quantitative estimate of drug-likeness (QED) is 0.354. The number of aromatic nitrogens is 4. The lowest BCUT2D eigenvalue weighted by atomic mass is 10.2. The number of imidazole rings is 1. The third-order valence-electron chi connectivity index (χ3n) is 5.42. The summed E-state index contributed by atoms with van der Waals surface area (Å²) in [6, 6.07) is 16.3. The molecule has 0 bridgehead atoms. The monoisotopic (exact) mass is 575 g/mol. The van der Waals surface area contributed by atoms with Crippen LogP contribution in [0.15, 0.2) is 57.8 Å². The highest BCUT2D eigenvalue weighted by atomic mass is 127. The van der Waals surface area contributed by atoms with Gasteiger partial charge in [0.1, 0.15) is 11.5 Å². The zero-order valence-electron chi connectivity index (χ0n) is 16.3. The molecule has 0 saturated heterocycles. The Morgan fingerprint density at radius 3 is 2.73 bits per heavy atom. The van der Waals surface area contributed by atoms with Crippen LogP contribution in [0, 0.1) is 3.57 Å². The summed E-state index contributed by atoms with van der Waals surface area (Å²) in [7, 11) is 0. The molecule has 3 aliphatic heterocycles. The summed E-state index contributed by atoms with van der Waals surface area (Å²) in [4.78, 5) is 23.1. The number of hydrogen-bond acceptors (Lipinski definition) is 4. The summed E-state index contributed by atoms with van der Waals surface area (Å²) in [5.41, 5.74) is 2.68. The first-order valence-electron chi connectivity index (χ1n) is 9.81. The van der Waals surface area contributed by atoms with Crippen LogP contribution >= 0.6 is 38.5 Å². The predicted octanol–water partition coefficient (Wildman–Crippen LogP) is 4.83. The van der Waals surface area contributed by atoms with Crippen molar-refractivity contribution in [2.45, 2.75) is 32.5 Å². The maximum atomic E-state index is 13.4. The zero-order chi connectivity index (χ0) is 20.8. The maximum absolute atomic E-state index is 13.4. The number of nitrogens with one attached hydrogen (secondary N) is 1. The fourth-order valence-corrected chi connectivity index (χ4v) is 4.71. The molecule has 152 valence electrons. The van der Waals surface area contributed by atoms with E-state index in [1.807, 2.05) is 47.0 Å². The molecule has 0 saturated carbocycles. The first-order chi connectivity index (χ1) is 14.5. The average molecular weight is 576 g/mol. The number of rotatable bonds is 4. The van der Waals surface area contributed by atoms with Gasteiger partial charge in [0.15, 0.2) is 11.6 Å². The van der Waals surface area contributed by atoms with Crippen LogP contribution in [0.25, 0.3) is 22.9 Å². The summed E-state index contributed by atoms with van der Waals surface area (Å²) in [6.07, 6.45) is 0.938. The summed E-state index contributed by atoms with van der Waals surface area (Å²) in [6.45, 7) is 3.23. The molecule has 1 atom stereocenters. The maximum Gasteiger partial charge on any atom is 0.331 e. The SMILES string of the molecule is CCC1Cn2c(c3nc(-c4ccc(Br)cc4)nc-3n(Cc3cccc(I)c3)c2=O)N1. The van der Waals surface area contributed by atoms with Crippen LogP contribution in [-0.2, 0) is 13.1 Å². The minimum atomic E-state index is -0.0536. The minimum absolute atomic E-state index is 0.0536. The van der Waals surface area contributed by atoms with E-state index in [-0.39, 0.29) is 11.7 Å². The summed E-state index contributed by atoms with van der Waals surface area (Å²) in [5.74, 6) is 2.02. The van der Waals surface area contributed by atoms with E-state index in [1.54, 1.807) is 4.57 Å². The van der Waals surface area contributed by atoms with Gasteiger partial charge in [0.05, 0.1) is 6.54 Å². The molecule has 2 aromatic rings. The van der Waals surface area contributed by atoms with Crippen LogP contribution in [-0.4, -0.2) is 25.1 Å². The van der Waals surface area contributed by atoms with E-state index in [0.29, 0.717) is 24.7 Å². The first-order valence-corrected chi connectivity index (χ1v) is 11.7. The predicted molar refractivity (Wildman–Crippen MR) is 130 cm³/mol. The molecule has 3 aliphatic rings. The Hall–Kier alpha value is -2.20. The molecular formula is C22H19BrIN5O. The van der Waals surface area contributed by atoms with E-state index in [2.05, 4.69) is 56.8 Å². The van der Waals surface area contributed by atoms with Crippen molar-refractivity contribution < 1.29 is 0 Å². The molecular weight excluding hydrogens is 557 g/mol. The molecule has 5 rings (SSSR count). The number of hydrogen-bond donors (Lipinski definition) is 1. The normalized spacial score (nSPS) is 15.4. The van der Waals surface area contributed by atoms with Crippen molar-refractivity contribution in [2.24, 2.45) is 0 Å². The van der Waals surface area contributed by atoms with Gasteiger partial charge < -0.3 is 5.32 Å². The summed E-state index contributed by atoms with van der Waals surface area (Å²) in [5, 5.41) is 3.48. The van der Waals surface area contributed by atoms with Crippen LogP contribution in [0.4, 0.5) is 5.82 Å². The minimum Gasteiger partial charge on any atom is -0.365 e. The van der Waals surface area contributed by atoms with Crippen molar-refractivity contribution in [3.05, 3.63) is 72.6 Å². The Kier molecular flexibility index (Phi) is 5.14. The highest BCUT2D eigenvalue weighted by Gasteiger charge is 2.31. The van der Waals surface area contributed by atoms with Gasteiger partial charge in [-0.25, -0.2) is 14.8 Å². The van der Waals surface area contributed by atoms with Gasteiger partial charge in [0.25, 0.3) is 0 Å². The van der Waals surface area contributed by atoms with Crippen LogP contribution in [0.2, 0.25) is 0 Å². The number of anilines is 1. The second-order valence-electron chi connectivity index (χ2n) is 7.43. The van der Waals surface area contributed by atoms with E-state index in [1.165, 1.54) is 0 Å². The highest BCUT2D eigenvalue weighted by molar-refractivity contribution is 14.1. The van der Waals surface area contributed by atoms with Crippen LogP contribution in [0.1, 0.15) is 18.9 Å². The smallest absolute Gasteiger partial charge is 0.331 e. The molecule has 0 amide bonds. The molecule has 0 spiro atoms. The molecule has 0 aliphatic carbocycles. The second kappa shape index (κ2) is 7.81. The number of fused-ring (bicyclic) bond motifs is 3. The topological polar surface area (TPSA) is 64.7 Å². The van der Waals surface area contributed by atoms with Crippen molar-refractivity contribution in [2.75, 3.05) is 5.32 Å². The Bertz CT molecular complexity index is 1260. The van der Waals surface area contributed by atoms with Crippen molar-refractivity contribution in [3.63, 3.8) is 0 Å². The molecule has 1 unspecified atom stereocenters. The molecule has 2 aromatic carbocycles. The molecule has 0 radical (unpaired) electrons. The van der Waals surface area contributed by atoms with Gasteiger partial charge in [0.2, 0.25) is 0 Å². The largest absolute Gasteiger partial charge is 0.365 e.